The highest BCUT2D eigenvalue weighted by atomic mass is 35.5. The maximum atomic E-state index is 6.47. The number of rotatable bonds is 4. The van der Waals surface area contributed by atoms with Crippen molar-refractivity contribution >= 4 is 22.6 Å². The van der Waals surface area contributed by atoms with Gasteiger partial charge in [0.05, 0.1) is 21.6 Å². The van der Waals surface area contributed by atoms with Crippen LogP contribution in [0.5, 0.6) is 0 Å². The van der Waals surface area contributed by atoms with E-state index in [2.05, 4.69) is 25.3 Å². The lowest BCUT2D eigenvalue weighted by molar-refractivity contribution is 0.390. The van der Waals surface area contributed by atoms with Crippen LogP contribution in [0.3, 0.4) is 0 Å². The van der Waals surface area contributed by atoms with Gasteiger partial charge < -0.3 is 10.3 Å². The summed E-state index contributed by atoms with van der Waals surface area (Å²) < 4.78 is 2.17. The van der Waals surface area contributed by atoms with E-state index in [4.69, 9.17) is 22.3 Å². The zero-order chi connectivity index (χ0) is 14.2. The van der Waals surface area contributed by atoms with Gasteiger partial charge in [-0.1, -0.05) is 31.0 Å². The molecule has 2 aromatic rings. The molecule has 0 saturated carbocycles. The molecule has 104 valence electrons. The first-order valence-electron chi connectivity index (χ1n) is 6.84. The number of nitrogens with two attached hydrogens (primary N) is 1. The number of halogens is 1. The lowest BCUT2D eigenvalue weighted by Crippen LogP contribution is -2.36. The van der Waals surface area contributed by atoms with Gasteiger partial charge in [-0.2, -0.15) is 0 Å². The molecule has 0 radical (unpaired) electrons. The maximum absolute atomic E-state index is 6.47. The molecule has 1 atom stereocenters. The summed E-state index contributed by atoms with van der Waals surface area (Å²) in [6.07, 6.45) is 1.93. The molecule has 0 spiro atoms. The van der Waals surface area contributed by atoms with Crippen molar-refractivity contribution in [2.75, 3.05) is 0 Å². The number of nitrogens with zero attached hydrogens (tertiary/aromatic N) is 2. The Morgan fingerprint density at radius 1 is 1.42 bits per heavy atom. The van der Waals surface area contributed by atoms with Gasteiger partial charge >= 0.3 is 0 Å². The van der Waals surface area contributed by atoms with Gasteiger partial charge in [-0.05, 0) is 39.3 Å². The summed E-state index contributed by atoms with van der Waals surface area (Å²) in [7, 11) is 0. The van der Waals surface area contributed by atoms with Crippen LogP contribution in [-0.4, -0.2) is 9.55 Å². The molecule has 2 rings (SSSR count). The standard InChI is InChI=1S/C15H22ClN3/c1-5-9-15(4,17)14-18-12-8-6-7-11(16)13(12)19(14)10(2)3/h6-8,10H,5,9,17H2,1-4H3. The minimum absolute atomic E-state index is 0.277. The van der Waals surface area contributed by atoms with Crippen molar-refractivity contribution < 1.29 is 0 Å². The highest BCUT2D eigenvalue weighted by molar-refractivity contribution is 6.35. The fourth-order valence-corrected chi connectivity index (χ4v) is 2.90. The SMILES string of the molecule is CCCC(C)(N)c1nc2cccc(Cl)c2n1C(C)C. The fourth-order valence-electron chi connectivity index (χ4n) is 2.64. The van der Waals surface area contributed by atoms with Crippen LogP contribution in [0.15, 0.2) is 18.2 Å². The molecule has 3 nitrogen and oxygen atoms in total. The summed E-state index contributed by atoms with van der Waals surface area (Å²) in [5, 5.41) is 0.734. The second kappa shape index (κ2) is 5.14. The Morgan fingerprint density at radius 2 is 2.11 bits per heavy atom. The molecular formula is C15H22ClN3. The minimum atomic E-state index is -0.429. The Bertz CT molecular complexity index is 584. The first-order valence-corrected chi connectivity index (χ1v) is 7.22. The average Bonchev–Trinajstić information content (AvgIpc) is 2.70. The van der Waals surface area contributed by atoms with Crippen molar-refractivity contribution in [1.29, 1.82) is 0 Å². The number of fused-ring (bicyclic) bond motifs is 1. The van der Waals surface area contributed by atoms with Gasteiger partial charge in [0.1, 0.15) is 5.82 Å². The Balaban J connectivity index is 2.74. The molecule has 1 heterocycles. The molecule has 1 unspecified atom stereocenters. The number of hydrogen-bond donors (Lipinski definition) is 1. The minimum Gasteiger partial charge on any atom is -0.323 e. The number of para-hydroxylation sites is 1. The molecule has 2 N–H and O–H groups in total. The second-order valence-electron chi connectivity index (χ2n) is 5.67. The van der Waals surface area contributed by atoms with Crippen molar-refractivity contribution in [3.8, 4) is 0 Å². The largest absolute Gasteiger partial charge is 0.323 e. The van der Waals surface area contributed by atoms with E-state index in [1.165, 1.54) is 0 Å². The number of imidazole rings is 1. The molecule has 0 saturated heterocycles. The van der Waals surface area contributed by atoms with E-state index in [0.29, 0.717) is 0 Å². The van der Waals surface area contributed by atoms with Gasteiger partial charge in [-0.15, -0.1) is 0 Å². The summed E-state index contributed by atoms with van der Waals surface area (Å²) in [6.45, 7) is 8.46. The van der Waals surface area contributed by atoms with Crippen LogP contribution in [0.25, 0.3) is 11.0 Å². The third kappa shape index (κ3) is 2.49. The molecule has 0 fully saturated rings. The summed E-state index contributed by atoms with van der Waals surface area (Å²) in [5.41, 5.74) is 7.95. The average molecular weight is 280 g/mol. The van der Waals surface area contributed by atoms with E-state index < -0.39 is 5.54 Å². The van der Waals surface area contributed by atoms with Crippen molar-refractivity contribution in [2.45, 2.75) is 52.1 Å². The lowest BCUT2D eigenvalue weighted by atomic mass is 9.96. The Kier molecular flexibility index (Phi) is 3.88. The molecule has 0 bridgehead atoms. The smallest absolute Gasteiger partial charge is 0.130 e. The highest BCUT2D eigenvalue weighted by Crippen LogP contribution is 2.32. The van der Waals surface area contributed by atoms with Gasteiger partial charge in [0, 0.05) is 6.04 Å². The maximum Gasteiger partial charge on any atom is 0.130 e. The second-order valence-corrected chi connectivity index (χ2v) is 6.08. The van der Waals surface area contributed by atoms with Crippen LogP contribution in [0.1, 0.15) is 52.4 Å². The van der Waals surface area contributed by atoms with E-state index >= 15 is 0 Å². The Morgan fingerprint density at radius 3 is 2.68 bits per heavy atom. The number of aromatic nitrogens is 2. The molecule has 0 aliphatic rings. The van der Waals surface area contributed by atoms with Crippen molar-refractivity contribution in [3.05, 3.63) is 29.0 Å². The Labute approximate surface area is 119 Å². The molecular weight excluding hydrogens is 258 g/mol. The van der Waals surface area contributed by atoms with Gasteiger partial charge in [0.15, 0.2) is 0 Å². The van der Waals surface area contributed by atoms with Crippen LogP contribution in [0.2, 0.25) is 5.02 Å². The molecule has 19 heavy (non-hydrogen) atoms. The van der Waals surface area contributed by atoms with E-state index in [1.807, 2.05) is 25.1 Å². The monoisotopic (exact) mass is 279 g/mol. The summed E-state index contributed by atoms with van der Waals surface area (Å²) in [4.78, 5) is 4.74. The highest BCUT2D eigenvalue weighted by Gasteiger charge is 2.29. The summed E-state index contributed by atoms with van der Waals surface area (Å²) in [6, 6.07) is 6.10. The van der Waals surface area contributed by atoms with Crippen molar-refractivity contribution in [1.82, 2.24) is 9.55 Å². The van der Waals surface area contributed by atoms with Crippen LogP contribution < -0.4 is 5.73 Å². The lowest BCUT2D eigenvalue weighted by Gasteiger charge is -2.26. The van der Waals surface area contributed by atoms with Gasteiger partial charge in [-0.3, -0.25) is 0 Å². The van der Waals surface area contributed by atoms with Gasteiger partial charge in [0.2, 0.25) is 0 Å². The van der Waals surface area contributed by atoms with Crippen LogP contribution in [-0.2, 0) is 5.54 Å². The van der Waals surface area contributed by atoms with Crippen LogP contribution >= 0.6 is 11.6 Å². The molecule has 0 amide bonds. The Hall–Kier alpha value is -1.06. The summed E-state index contributed by atoms with van der Waals surface area (Å²) in [5.74, 6) is 0.924. The van der Waals surface area contributed by atoms with E-state index in [9.17, 15) is 0 Å². The van der Waals surface area contributed by atoms with Crippen molar-refractivity contribution in [2.24, 2.45) is 5.73 Å². The molecule has 0 aliphatic carbocycles. The molecule has 1 aromatic carbocycles. The number of hydrogen-bond acceptors (Lipinski definition) is 2. The first-order chi connectivity index (χ1) is 8.88. The summed E-state index contributed by atoms with van der Waals surface area (Å²) >= 11 is 6.35. The third-order valence-corrected chi connectivity index (χ3v) is 3.76. The van der Waals surface area contributed by atoms with E-state index in [0.717, 1.165) is 34.7 Å². The predicted molar refractivity (Wildman–Crippen MR) is 81.6 cm³/mol. The van der Waals surface area contributed by atoms with Gasteiger partial charge in [-0.25, -0.2) is 4.98 Å². The molecule has 0 aliphatic heterocycles. The third-order valence-electron chi connectivity index (χ3n) is 3.46. The van der Waals surface area contributed by atoms with Crippen LogP contribution in [0.4, 0.5) is 0 Å². The van der Waals surface area contributed by atoms with Gasteiger partial charge in [0.25, 0.3) is 0 Å². The van der Waals surface area contributed by atoms with Crippen LogP contribution in [0, 0.1) is 0 Å². The fraction of sp³-hybridized carbons (Fsp3) is 0.533. The first kappa shape index (κ1) is 14.4. The normalized spacial score (nSPS) is 15.1. The topological polar surface area (TPSA) is 43.8 Å². The zero-order valence-corrected chi connectivity index (χ0v) is 12.8. The van der Waals surface area contributed by atoms with E-state index in [1.54, 1.807) is 0 Å². The zero-order valence-electron chi connectivity index (χ0n) is 12.1. The van der Waals surface area contributed by atoms with E-state index in [-0.39, 0.29) is 6.04 Å². The number of benzene rings is 1. The quantitative estimate of drug-likeness (QED) is 0.909. The van der Waals surface area contributed by atoms with Crippen molar-refractivity contribution in [3.63, 3.8) is 0 Å². The molecule has 4 heteroatoms. The predicted octanol–water partition coefficient (Wildman–Crippen LogP) is 4.24. The molecule has 1 aromatic heterocycles.